The number of hydrogen-bond acceptors (Lipinski definition) is 6. The Kier molecular flexibility index (Phi) is 8.75. The number of hydrogen-bond donors (Lipinski definition) is 3. The average Bonchev–Trinajstić information content (AvgIpc) is 2.84. The van der Waals surface area contributed by atoms with Gasteiger partial charge in [0.1, 0.15) is 11.5 Å². The molecule has 0 atom stereocenters. The van der Waals surface area contributed by atoms with E-state index in [0.717, 1.165) is 4.47 Å². The van der Waals surface area contributed by atoms with Crippen LogP contribution < -0.4 is 25.5 Å². The van der Waals surface area contributed by atoms with E-state index in [1.165, 1.54) is 13.3 Å². The number of anilines is 2. The van der Waals surface area contributed by atoms with E-state index in [0.29, 0.717) is 28.4 Å². The van der Waals surface area contributed by atoms with E-state index < -0.39 is 11.8 Å². The second-order valence-corrected chi connectivity index (χ2v) is 7.69. The van der Waals surface area contributed by atoms with Gasteiger partial charge in [0.2, 0.25) is 0 Å². The lowest BCUT2D eigenvalue weighted by molar-refractivity contribution is -0.136. The maximum absolute atomic E-state index is 12.1. The van der Waals surface area contributed by atoms with Crippen molar-refractivity contribution in [3.63, 3.8) is 0 Å². The summed E-state index contributed by atoms with van der Waals surface area (Å²) >= 11 is 3.29. The molecule has 174 valence electrons. The molecule has 10 heteroatoms. The fraction of sp³-hybridized carbons (Fsp3) is 0.0833. The summed E-state index contributed by atoms with van der Waals surface area (Å²) in [5.74, 6) is -1.05. The molecule has 0 aliphatic heterocycles. The van der Waals surface area contributed by atoms with E-state index in [9.17, 15) is 14.4 Å². The molecule has 9 nitrogen and oxygen atoms in total. The van der Waals surface area contributed by atoms with Gasteiger partial charge in [-0.1, -0.05) is 34.1 Å². The molecular formula is C24H21BrN4O5. The number of carbonyl (C=O) groups excluding carboxylic acids is 3. The third-order valence-electron chi connectivity index (χ3n) is 4.30. The third kappa shape index (κ3) is 7.45. The van der Waals surface area contributed by atoms with Crippen LogP contribution in [0.25, 0.3) is 0 Å². The molecular weight excluding hydrogens is 504 g/mol. The summed E-state index contributed by atoms with van der Waals surface area (Å²) in [6.07, 6.45) is 1.38. The number of amides is 3. The topological polar surface area (TPSA) is 118 Å². The second kappa shape index (κ2) is 12.2. The molecule has 3 aromatic carbocycles. The van der Waals surface area contributed by atoms with Crippen LogP contribution >= 0.6 is 15.9 Å². The van der Waals surface area contributed by atoms with E-state index in [2.05, 4.69) is 37.1 Å². The van der Waals surface area contributed by atoms with Gasteiger partial charge in [-0.25, -0.2) is 5.43 Å². The highest BCUT2D eigenvalue weighted by Gasteiger charge is 2.13. The Morgan fingerprint density at radius 2 is 1.71 bits per heavy atom. The Labute approximate surface area is 204 Å². The van der Waals surface area contributed by atoms with Crippen molar-refractivity contribution < 1.29 is 23.9 Å². The summed E-state index contributed by atoms with van der Waals surface area (Å²) in [5.41, 5.74) is 3.85. The van der Waals surface area contributed by atoms with Gasteiger partial charge in [-0.2, -0.15) is 5.10 Å². The fourth-order valence-electron chi connectivity index (χ4n) is 2.70. The van der Waals surface area contributed by atoms with Crippen LogP contribution in [0.15, 0.2) is 82.4 Å². The van der Waals surface area contributed by atoms with Gasteiger partial charge in [0, 0.05) is 10.2 Å². The Hall–Kier alpha value is -4.18. The lowest BCUT2D eigenvalue weighted by atomic mass is 10.2. The van der Waals surface area contributed by atoms with E-state index in [-0.39, 0.29) is 12.5 Å². The van der Waals surface area contributed by atoms with Gasteiger partial charge in [0.15, 0.2) is 6.61 Å². The zero-order chi connectivity index (χ0) is 24.3. The molecule has 0 radical (unpaired) electrons. The van der Waals surface area contributed by atoms with Crippen LogP contribution in [0.2, 0.25) is 0 Å². The van der Waals surface area contributed by atoms with Crippen molar-refractivity contribution in [2.75, 3.05) is 24.4 Å². The SMILES string of the molecule is COc1ccccc1NC(=O)COc1ccc(/C=N\NC(=O)C(=O)Nc2cccc(Br)c2)cc1. The zero-order valence-corrected chi connectivity index (χ0v) is 19.7. The van der Waals surface area contributed by atoms with Gasteiger partial charge in [-0.15, -0.1) is 0 Å². The van der Waals surface area contributed by atoms with E-state index in [1.807, 2.05) is 0 Å². The molecule has 0 aromatic heterocycles. The largest absolute Gasteiger partial charge is 0.495 e. The molecule has 3 rings (SSSR count). The maximum Gasteiger partial charge on any atom is 0.329 e. The molecule has 0 heterocycles. The standard InChI is InChI=1S/C24H21BrN4O5/c1-33-21-8-3-2-7-20(21)28-22(30)15-34-19-11-9-16(10-12-19)14-26-29-24(32)23(31)27-18-6-4-5-17(25)13-18/h2-14H,15H2,1H3,(H,27,31)(H,28,30)(H,29,32)/b26-14-. The van der Waals surface area contributed by atoms with Crippen molar-refractivity contribution in [1.29, 1.82) is 0 Å². The van der Waals surface area contributed by atoms with Crippen molar-refractivity contribution in [3.8, 4) is 11.5 Å². The van der Waals surface area contributed by atoms with Crippen molar-refractivity contribution >= 4 is 51.2 Å². The predicted octanol–water partition coefficient (Wildman–Crippen LogP) is 3.56. The minimum Gasteiger partial charge on any atom is -0.495 e. The highest BCUT2D eigenvalue weighted by molar-refractivity contribution is 9.10. The summed E-state index contributed by atoms with van der Waals surface area (Å²) in [6, 6.07) is 20.6. The van der Waals surface area contributed by atoms with E-state index >= 15 is 0 Å². The number of para-hydroxylation sites is 2. The van der Waals surface area contributed by atoms with E-state index in [4.69, 9.17) is 9.47 Å². The highest BCUT2D eigenvalue weighted by atomic mass is 79.9. The summed E-state index contributed by atoms with van der Waals surface area (Å²) in [4.78, 5) is 35.9. The number of benzene rings is 3. The number of nitrogens with one attached hydrogen (secondary N) is 3. The Morgan fingerprint density at radius 3 is 2.44 bits per heavy atom. The van der Waals surface area contributed by atoms with Crippen LogP contribution in [-0.4, -0.2) is 37.7 Å². The Bertz CT molecular complexity index is 1200. The first-order valence-electron chi connectivity index (χ1n) is 10.0. The molecule has 0 aliphatic carbocycles. The molecule has 0 unspecified atom stereocenters. The molecule has 0 bridgehead atoms. The van der Waals surface area contributed by atoms with Crippen LogP contribution in [0.3, 0.4) is 0 Å². The molecule has 0 spiro atoms. The number of hydrazone groups is 1. The molecule has 0 saturated carbocycles. The Balaban J connectivity index is 1.44. The van der Waals surface area contributed by atoms with Crippen molar-refractivity contribution in [2.24, 2.45) is 5.10 Å². The zero-order valence-electron chi connectivity index (χ0n) is 18.1. The van der Waals surface area contributed by atoms with Gasteiger partial charge >= 0.3 is 11.8 Å². The van der Waals surface area contributed by atoms with Gasteiger partial charge in [-0.3, -0.25) is 14.4 Å². The predicted molar refractivity (Wildman–Crippen MR) is 132 cm³/mol. The van der Waals surface area contributed by atoms with Gasteiger partial charge in [0.25, 0.3) is 5.91 Å². The van der Waals surface area contributed by atoms with Crippen LogP contribution in [0.5, 0.6) is 11.5 Å². The highest BCUT2D eigenvalue weighted by Crippen LogP contribution is 2.23. The number of nitrogens with zero attached hydrogens (tertiary/aromatic N) is 1. The lowest BCUT2D eigenvalue weighted by Crippen LogP contribution is -2.32. The number of halogens is 1. The number of carbonyl (C=O) groups is 3. The summed E-state index contributed by atoms with van der Waals surface area (Å²) < 4.78 is 11.5. The van der Waals surface area contributed by atoms with Crippen LogP contribution in [0.4, 0.5) is 11.4 Å². The van der Waals surface area contributed by atoms with Crippen molar-refractivity contribution in [1.82, 2.24) is 5.43 Å². The molecule has 3 amide bonds. The summed E-state index contributed by atoms with van der Waals surface area (Å²) in [7, 11) is 1.52. The van der Waals surface area contributed by atoms with Crippen molar-refractivity contribution in [2.45, 2.75) is 0 Å². The smallest absolute Gasteiger partial charge is 0.329 e. The minimum absolute atomic E-state index is 0.186. The first-order valence-corrected chi connectivity index (χ1v) is 10.8. The van der Waals surface area contributed by atoms with Crippen LogP contribution in [0.1, 0.15) is 5.56 Å². The summed E-state index contributed by atoms with van der Waals surface area (Å²) in [5, 5.41) is 8.97. The molecule has 0 aliphatic rings. The third-order valence-corrected chi connectivity index (χ3v) is 4.79. The van der Waals surface area contributed by atoms with Gasteiger partial charge < -0.3 is 20.1 Å². The molecule has 3 N–H and O–H groups in total. The maximum atomic E-state index is 12.1. The number of ether oxygens (including phenoxy) is 2. The van der Waals surface area contributed by atoms with E-state index in [1.54, 1.807) is 72.8 Å². The number of methoxy groups -OCH3 is 1. The fourth-order valence-corrected chi connectivity index (χ4v) is 3.10. The second-order valence-electron chi connectivity index (χ2n) is 6.77. The molecule has 0 fully saturated rings. The van der Waals surface area contributed by atoms with Crippen LogP contribution in [-0.2, 0) is 14.4 Å². The van der Waals surface area contributed by atoms with Crippen molar-refractivity contribution in [3.05, 3.63) is 82.8 Å². The molecule has 34 heavy (non-hydrogen) atoms. The molecule has 3 aromatic rings. The average molecular weight is 525 g/mol. The quantitative estimate of drug-likeness (QED) is 0.236. The van der Waals surface area contributed by atoms with Crippen LogP contribution in [0, 0.1) is 0 Å². The first kappa shape index (κ1) is 24.5. The lowest BCUT2D eigenvalue weighted by Gasteiger charge is -2.10. The summed E-state index contributed by atoms with van der Waals surface area (Å²) in [6.45, 7) is -0.186. The van der Waals surface area contributed by atoms with Gasteiger partial charge in [0.05, 0.1) is 19.0 Å². The normalized spacial score (nSPS) is 10.4. The Morgan fingerprint density at radius 1 is 0.941 bits per heavy atom. The first-order chi connectivity index (χ1) is 16.4. The van der Waals surface area contributed by atoms with Gasteiger partial charge in [-0.05, 0) is 60.2 Å². The molecule has 0 saturated heterocycles. The number of rotatable bonds is 8. The minimum atomic E-state index is -0.905. The monoisotopic (exact) mass is 524 g/mol.